The summed E-state index contributed by atoms with van der Waals surface area (Å²) in [6, 6.07) is 11.2. The average molecular weight is 726 g/mol. The Balaban J connectivity index is 0.00000222. The first-order valence-electron chi connectivity index (χ1n) is 16.2. The molecular weight excluding hydrogens is 678 g/mol. The Morgan fingerprint density at radius 3 is 2.12 bits per heavy atom. The molecule has 0 bridgehead atoms. The van der Waals surface area contributed by atoms with E-state index in [9.17, 15) is 29.1 Å². The van der Waals surface area contributed by atoms with Crippen molar-refractivity contribution in [2.45, 2.75) is 77.6 Å². The summed E-state index contributed by atoms with van der Waals surface area (Å²) in [5, 5.41) is 28.5. The third-order valence-electron chi connectivity index (χ3n) is 6.90. The van der Waals surface area contributed by atoms with Crippen LogP contribution in [0.25, 0.3) is 11.0 Å². The third-order valence-corrected chi connectivity index (χ3v) is 6.90. The standard InChI is InChI=1S/C33H43N7O8.C2H4O2/c1-19-15-21(17-26-22(19)12-13-27(42)47-26)37-28(43)23(11-8-14-36-31(34)35)38-30(45)25(18-41)39-29(44)24(16-20-9-6-5-7-10-20)40-32(46)48-33(2,3)4;1-2(3)4/h5-7,9-10,12-13,15,17,23-25,41H,8,11,14,16,18H2,1-4H3,(H,37,43)(H,38,45)(H,39,44)(H,40,46)(H4,34,35,36);1H3,(H,3,4). The van der Waals surface area contributed by atoms with Gasteiger partial charge in [-0.2, -0.15) is 0 Å². The van der Waals surface area contributed by atoms with E-state index in [4.69, 9.17) is 30.5 Å². The molecule has 1 heterocycles. The van der Waals surface area contributed by atoms with Crippen molar-refractivity contribution in [3.05, 3.63) is 76.1 Å². The van der Waals surface area contributed by atoms with Crippen molar-refractivity contribution >= 4 is 52.4 Å². The molecule has 10 N–H and O–H groups in total. The largest absolute Gasteiger partial charge is 0.481 e. The van der Waals surface area contributed by atoms with Crippen LogP contribution in [0, 0.1) is 6.92 Å². The van der Waals surface area contributed by atoms with Crippen LogP contribution in [0.1, 0.15) is 51.7 Å². The quantitative estimate of drug-likeness (QED) is 0.0505. The molecule has 4 amide bonds. The highest BCUT2D eigenvalue weighted by atomic mass is 16.6. The van der Waals surface area contributed by atoms with Gasteiger partial charge in [0, 0.05) is 43.1 Å². The molecule has 3 aromatic rings. The number of anilines is 1. The maximum Gasteiger partial charge on any atom is 0.408 e. The highest BCUT2D eigenvalue weighted by Gasteiger charge is 2.30. The molecule has 0 saturated carbocycles. The maximum atomic E-state index is 13.5. The van der Waals surface area contributed by atoms with E-state index in [1.165, 1.54) is 12.1 Å². The van der Waals surface area contributed by atoms with Crippen molar-refractivity contribution < 1.29 is 43.3 Å². The number of nitrogens with zero attached hydrogens (tertiary/aromatic N) is 1. The van der Waals surface area contributed by atoms with E-state index in [2.05, 4.69) is 26.3 Å². The molecule has 1 aromatic heterocycles. The molecule has 3 unspecified atom stereocenters. The molecule has 17 nitrogen and oxygen atoms in total. The molecule has 0 saturated heterocycles. The smallest absolute Gasteiger partial charge is 0.408 e. The van der Waals surface area contributed by atoms with Crippen molar-refractivity contribution in [3.63, 3.8) is 0 Å². The number of rotatable bonds is 14. The van der Waals surface area contributed by atoms with Gasteiger partial charge in [-0.05, 0) is 63.8 Å². The van der Waals surface area contributed by atoms with Gasteiger partial charge < -0.3 is 52.1 Å². The molecule has 52 heavy (non-hydrogen) atoms. The summed E-state index contributed by atoms with van der Waals surface area (Å²) in [5.74, 6) is -3.21. The Hall–Kier alpha value is -5.97. The number of aliphatic carboxylic acids is 1. The first kappa shape index (κ1) is 42.2. The van der Waals surface area contributed by atoms with E-state index >= 15 is 0 Å². The first-order chi connectivity index (χ1) is 24.4. The van der Waals surface area contributed by atoms with Crippen LogP contribution in [0.5, 0.6) is 0 Å². The lowest BCUT2D eigenvalue weighted by Gasteiger charge is -2.26. The molecule has 0 spiro atoms. The van der Waals surface area contributed by atoms with Crippen molar-refractivity contribution in [1.29, 1.82) is 0 Å². The van der Waals surface area contributed by atoms with Crippen LogP contribution >= 0.6 is 0 Å². The van der Waals surface area contributed by atoms with E-state index < -0.39 is 65.7 Å². The SMILES string of the molecule is CC(=O)O.Cc1cc(NC(=O)C(CCCN=C(N)N)NC(=O)C(CO)NC(=O)C(Cc2ccccc2)NC(=O)OC(C)(C)C)cc2oc(=O)ccc12. The number of fused-ring (bicyclic) bond motifs is 1. The zero-order valence-corrected chi connectivity index (χ0v) is 29.7. The molecular formula is C35H47N7O10. The fourth-order valence-electron chi connectivity index (χ4n) is 4.68. The van der Waals surface area contributed by atoms with Gasteiger partial charge >= 0.3 is 11.7 Å². The summed E-state index contributed by atoms with van der Waals surface area (Å²) in [7, 11) is 0. The summed E-state index contributed by atoms with van der Waals surface area (Å²) in [5.41, 5.74) is 11.4. The highest BCUT2D eigenvalue weighted by Crippen LogP contribution is 2.22. The van der Waals surface area contributed by atoms with Crippen LogP contribution in [0.15, 0.2) is 68.8 Å². The molecule has 0 aliphatic heterocycles. The number of benzene rings is 2. The Morgan fingerprint density at radius 1 is 0.904 bits per heavy atom. The molecule has 0 aliphatic rings. The number of nitrogens with two attached hydrogens (primary N) is 2. The minimum atomic E-state index is -1.48. The molecule has 282 valence electrons. The number of hydrogen-bond acceptors (Lipinski definition) is 10. The van der Waals surface area contributed by atoms with Gasteiger partial charge in [0.05, 0.1) is 6.61 Å². The minimum Gasteiger partial charge on any atom is -0.481 e. The monoisotopic (exact) mass is 725 g/mol. The number of ether oxygens (including phenoxy) is 1. The van der Waals surface area contributed by atoms with Crippen molar-refractivity contribution in [1.82, 2.24) is 16.0 Å². The van der Waals surface area contributed by atoms with E-state index in [0.29, 0.717) is 11.1 Å². The zero-order chi connectivity index (χ0) is 39.0. The number of carboxylic acid groups (broad SMARTS) is 1. The van der Waals surface area contributed by atoms with Gasteiger partial charge in [0.15, 0.2) is 5.96 Å². The van der Waals surface area contributed by atoms with Gasteiger partial charge in [-0.3, -0.25) is 24.2 Å². The Kier molecular flexibility index (Phi) is 16.2. The van der Waals surface area contributed by atoms with E-state index in [1.807, 2.05) is 0 Å². The number of aliphatic hydroxyl groups excluding tert-OH is 1. The Labute approximate surface area is 300 Å². The van der Waals surface area contributed by atoms with E-state index in [-0.39, 0.29) is 37.3 Å². The summed E-state index contributed by atoms with van der Waals surface area (Å²) < 4.78 is 10.6. The lowest BCUT2D eigenvalue weighted by Crippen LogP contribution is -2.58. The van der Waals surface area contributed by atoms with Gasteiger partial charge in [-0.15, -0.1) is 0 Å². The fraction of sp³-hybridized carbons (Fsp3) is 0.400. The number of hydrogen-bond donors (Lipinski definition) is 8. The second kappa shape index (κ2) is 20.0. The number of carbonyl (C=O) groups is 5. The van der Waals surface area contributed by atoms with Crippen LogP contribution in [0.3, 0.4) is 0 Å². The molecule has 17 heteroatoms. The van der Waals surface area contributed by atoms with Crippen LogP contribution < -0.4 is 38.4 Å². The molecule has 0 fully saturated rings. The van der Waals surface area contributed by atoms with Gasteiger partial charge in [-0.25, -0.2) is 9.59 Å². The molecule has 3 rings (SSSR count). The number of amides is 4. The summed E-state index contributed by atoms with van der Waals surface area (Å²) in [6.45, 7) is 7.24. The lowest BCUT2D eigenvalue weighted by molar-refractivity contribution is -0.134. The molecule has 0 radical (unpaired) electrons. The number of alkyl carbamates (subject to hydrolysis) is 1. The van der Waals surface area contributed by atoms with Gasteiger partial charge in [0.2, 0.25) is 17.7 Å². The zero-order valence-electron chi connectivity index (χ0n) is 29.7. The number of aliphatic hydroxyl groups is 1. The predicted octanol–water partition coefficient (Wildman–Crippen LogP) is 1.28. The number of carboxylic acids is 1. The first-order valence-corrected chi connectivity index (χ1v) is 16.2. The van der Waals surface area contributed by atoms with Crippen LogP contribution in [-0.2, 0) is 30.3 Å². The summed E-state index contributed by atoms with van der Waals surface area (Å²) in [6.07, 6.45) is -0.410. The average Bonchev–Trinajstić information content (AvgIpc) is 3.03. The number of guanidine groups is 1. The minimum absolute atomic E-state index is 0.0623. The predicted molar refractivity (Wildman–Crippen MR) is 193 cm³/mol. The topological polar surface area (TPSA) is 278 Å². The number of aryl methyl sites for hydroxylation is 1. The van der Waals surface area contributed by atoms with Crippen molar-refractivity contribution in [2.24, 2.45) is 16.5 Å². The Bertz CT molecular complexity index is 1780. The number of nitrogens with one attached hydrogen (secondary N) is 4. The summed E-state index contributed by atoms with van der Waals surface area (Å²) >= 11 is 0. The molecule has 0 aliphatic carbocycles. The lowest BCUT2D eigenvalue weighted by atomic mass is 10.0. The summed E-state index contributed by atoms with van der Waals surface area (Å²) in [4.78, 5) is 77.5. The van der Waals surface area contributed by atoms with Crippen LogP contribution in [0.2, 0.25) is 0 Å². The van der Waals surface area contributed by atoms with Crippen LogP contribution in [-0.4, -0.2) is 82.8 Å². The van der Waals surface area contributed by atoms with Gasteiger partial charge in [0.25, 0.3) is 5.97 Å². The highest BCUT2D eigenvalue weighted by molar-refractivity contribution is 6.00. The second-order valence-corrected chi connectivity index (χ2v) is 12.6. The van der Waals surface area contributed by atoms with Crippen molar-refractivity contribution in [3.8, 4) is 0 Å². The normalized spacial score (nSPS) is 12.5. The van der Waals surface area contributed by atoms with Gasteiger partial charge in [-0.1, -0.05) is 30.3 Å². The number of aliphatic imine (C=N–C) groups is 1. The molecule has 2 aromatic carbocycles. The fourth-order valence-corrected chi connectivity index (χ4v) is 4.68. The van der Waals surface area contributed by atoms with Gasteiger partial charge in [0.1, 0.15) is 29.3 Å². The number of carbonyl (C=O) groups excluding carboxylic acids is 4. The Morgan fingerprint density at radius 2 is 1.52 bits per heavy atom. The van der Waals surface area contributed by atoms with Crippen LogP contribution in [0.4, 0.5) is 10.5 Å². The maximum absolute atomic E-state index is 13.5. The van der Waals surface area contributed by atoms with E-state index in [1.54, 1.807) is 70.2 Å². The molecule has 3 atom stereocenters. The second-order valence-electron chi connectivity index (χ2n) is 12.6. The van der Waals surface area contributed by atoms with E-state index in [0.717, 1.165) is 18.1 Å². The third kappa shape index (κ3) is 15.3. The van der Waals surface area contributed by atoms with Crippen molar-refractivity contribution in [2.75, 3.05) is 18.5 Å².